The third-order valence-corrected chi connectivity index (χ3v) is 17.4. The van der Waals surface area contributed by atoms with E-state index in [9.17, 15) is 19.2 Å². The summed E-state index contributed by atoms with van der Waals surface area (Å²) in [5, 5.41) is 15.7. The molecule has 10 nitrogen and oxygen atoms in total. The maximum absolute atomic E-state index is 14.5. The number of fused-ring (bicyclic) bond motifs is 7. The molecule has 0 amide bonds. The van der Waals surface area contributed by atoms with Gasteiger partial charge in [-0.25, -0.2) is 0 Å². The van der Waals surface area contributed by atoms with Gasteiger partial charge in [-0.3, -0.25) is 19.2 Å². The van der Waals surface area contributed by atoms with E-state index in [0.29, 0.717) is 42.4 Å². The van der Waals surface area contributed by atoms with Crippen LogP contribution in [0.15, 0.2) is 45.3 Å². The highest BCUT2D eigenvalue weighted by Gasteiger charge is 2.55. The van der Waals surface area contributed by atoms with Gasteiger partial charge < -0.3 is 30.7 Å². The zero-order valence-corrected chi connectivity index (χ0v) is 43.2. The first-order chi connectivity index (χ1) is 31.4. The number of allylic oxidation sites excluding steroid dienone is 3. The molecule has 66 heavy (non-hydrogen) atoms. The minimum atomic E-state index is -1.06. The third kappa shape index (κ3) is 11.9. The van der Waals surface area contributed by atoms with Crippen molar-refractivity contribution in [3.8, 4) is 0 Å². The molecule has 4 N–H and O–H groups in total. The minimum absolute atomic E-state index is 0.0137. The fraction of sp³-hybridized carbons (Fsp3) is 0.786. The Morgan fingerprint density at radius 2 is 1.44 bits per heavy atom. The number of ketones is 2. The standard InChI is InChI=1S/C56H90N4O6/c1-13-40-35(7)42-30-47-49(39(11)61)37(9)44(58-47)28-43-36(8)41(53(59-43)51-52(56(64)65-12)55(63)50-38(10)45(60-54(50)51)29-46(40)57-42)25-26-48(62)66-27-17-24-34(6)23-16-22-33(5)21-15-20-32(4)19-14-18-31(2)3/h24,31-33,35-36,38,40-47,52,57-60H,13-23,25-30H2,1-12H3/b34-24+,53-51?/t32-,33-,35-,36+,38?,40-,41+,42?,43?,44?,45?,46?,47?,52-/m1/s1. The van der Waals surface area contributed by atoms with Crippen molar-refractivity contribution < 1.29 is 28.7 Å². The molecule has 7 unspecified atom stereocenters. The molecule has 0 radical (unpaired) electrons. The summed E-state index contributed by atoms with van der Waals surface area (Å²) in [5.41, 5.74) is 6.41. The number of hydrogen-bond acceptors (Lipinski definition) is 10. The predicted octanol–water partition coefficient (Wildman–Crippen LogP) is 10.2. The van der Waals surface area contributed by atoms with Gasteiger partial charge in [-0.15, -0.1) is 0 Å². The van der Waals surface area contributed by atoms with E-state index in [4.69, 9.17) is 9.47 Å². The number of esters is 2. The van der Waals surface area contributed by atoms with Crippen molar-refractivity contribution in [2.75, 3.05) is 13.7 Å². The Balaban J connectivity index is 1.12. The topological polar surface area (TPSA) is 135 Å². The van der Waals surface area contributed by atoms with Crippen molar-refractivity contribution in [3.05, 3.63) is 45.3 Å². The van der Waals surface area contributed by atoms with Gasteiger partial charge >= 0.3 is 11.9 Å². The van der Waals surface area contributed by atoms with E-state index < -0.39 is 11.9 Å². The van der Waals surface area contributed by atoms with Gasteiger partial charge in [0.1, 0.15) is 5.92 Å². The molecule has 10 heteroatoms. The Labute approximate surface area is 399 Å². The molecule has 0 saturated carbocycles. The molecule has 0 aromatic carbocycles. The lowest BCUT2D eigenvalue weighted by Crippen LogP contribution is -2.44. The number of ether oxygens (including phenoxy) is 2. The minimum Gasteiger partial charge on any atom is -0.468 e. The summed E-state index contributed by atoms with van der Waals surface area (Å²) in [7, 11) is 1.36. The lowest BCUT2D eigenvalue weighted by molar-refractivity contribution is -0.147. The molecule has 14 atom stereocenters. The van der Waals surface area contributed by atoms with Crippen molar-refractivity contribution >= 4 is 23.5 Å². The van der Waals surface area contributed by atoms with Gasteiger partial charge in [0.2, 0.25) is 0 Å². The van der Waals surface area contributed by atoms with E-state index in [1.165, 1.54) is 64.0 Å². The van der Waals surface area contributed by atoms with E-state index in [1.807, 2.05) is 0 Å². The smallest absolute Gasteiger partial charge is 0.321 e. The van der Waals surface area contributed by atoms with Crippen LogP contribution < -0.4 is 21.3 Å². The molecule has 2 saturated heterocycles. The lowest BCUT2D eigenvalue weighted by Gasteiger charge is -2.29. The first-order valence-corrected chi connectivity index (χ1v) is 26.6. The molecule has 0 aromatic heterocycles. The highest BCUT2D eigenvalue weighted by Crippen LogP contribution is 2.50. The zero-order chi connectivity index (χ0) is 48.0. The molecule has 5 heterocycles. The van der Waals surface area contributed by atoms with Crippen molar-refractivity contribution in [3.63, 3.8) is 0 Å². The second-order valence-corrected chi connectivity index (χ2v) is 22.6. The molecule has 370 valence electrons. The maximum atomic E-state index is 14.5. The summed E-state index contributed by atoms with van der Waals surface area (Å²) >= 11 is 0. The molecule has 0 aromatic rings. The Morgan fingerprint density at radius 3 is 2.09 bits per heavy atom. The van der Waals surface area contributed by atoms with Crippen LogP contribution in [0.1, 0.15) is 179 Å². The highest BCUT2D eigenvalue weighted by molar-refractivity contribution is 6.16. The fourth-order valence-electron chi connectivity index (χ4n) is 13.3. The van der Waals surface area contributed by atoms with E-state index in [2.05, 4.69) is 96.6 Å². The van der Waals surface area contributed by atoms with Gasteiger partial charge in [0.15, 0.2) is 11.6 Å². The fourth-order valence-corrected chi connectivity index (χ4v) is 13.3. The van der Waals surface area contributed by atoms with Crippen LogP contribution in [-0.4, -0.2) is 73.5 Å². The summed E-state index contributed by atoms with van der Waals surface area (Å²) < 4.78 is 11.2. The molecule has 6 aliphatic rings. The molecule has 6 rings (SSSR count). The van der Waals surface area contributed by atoms with Crippen LogP contribution in [-0.2, 0) is 28.7 Å². The molecular weight excluding hydrogens is 825 g/mol. The van der Waals surface area contributed by atoms with Gasteiger partial charge in [0.25, 0.3) is 0 Å². The number of methoxy groups -OCH3 is 1. The van der Waals surface area contributed by atoms with E-state index in [-0.39, 0.29) is 78.0 Å². The monoisotopic (exact) mass is 915 g/mol. The Kier molecular flexibility index (Phi) is 18.5. The lowest BCUT2D eigenvalue weighted by atomic mass is 9.80. The molecule has 8 bridgehead atoms. The number of carbonyl (C=O) groups is 4. The van der Waals surface area contributed by atoms with Crippen LogP contribution in [0.5, 0.6) is 0 Å². The average Bonchev–Trinajstić information content (AvgIpc) is 4.01. The van der Waals surface area contributed by atoms with Crippen LogP contribution in [0.25, 0.3) is 0 Å². The number of hydrogen-bond donors (Lipinski definition) is 4. The van der Waals surface area contributed by atoms with Crippen molar-refractivity contribution in [1.29, 1.82) is 0 Å². The van der Waals surface area contributed by atoms with E-state index >= 15 is 0 Å². The van der Waals surface area contributed by atoms with Crippen molar-refractivity contribution in [2.24, 2.45) is 53.3 Å². The largest absolute Gasteiger partial charge is 0.468 e. The first kappa shape index (κ1) is 52.1. The van der Waals surface area contributed by atoms with Crippen LogP contribution in [0, 0.1) is 53.3 Å². The van der Waals surface area contributed by atoms with Crippen LogP contribution in [0.3, 0.4) is 0 Å². The van der Waals surface area contributed by atoms with E-state index in [0.717, 1.165) is 72.4 Å². The number of rotatable bonds is 21. The average molecular weight is 915 g/mol. The van der Waals surface area contributed by atoms with Gasteiger partial charge in [-0.1, -0.05) is 118 Å². The zero-order valence-electron chi connectivity index (χ0n) is 43.2. The predicted molar refractivity (Wildman–Crippen MR) is 265 cm³/mol. The van der Waals surface area contributed by atoms with Gasteiger partial charge in [0.05, 0.1) is 13.7 Å². The summed E-state index contributed by atoms with van der Waals surface area (Å²) in [6.07, 6.45) is 18.7. The van der Waals surface area contributed by atoms with Crippen LogP contribution in [0.4, 0.5) is 0 Å². The van der Waals surface area contributed by atoms with Gasteiger partial charge in [-0.2, -0.15) is 0 Å². The summed E-state index contributed by atoms with van der Waals surface area (Å²) in [6.45, 7) is 24.8. The first-order valence-electron chi connectivity index (χ1n) is 26.6. The van der Waals surface area contributed by atoms with Crippen LogP contribution in [0.2, 0.25) is 0 Å². The number of nitrogens with one attached hydrogen (secondary N) is 4. The quantitative estimate of drug-likeness (QED) is 0.0382. The number of Topliss-reactive ketones (excluding diaryl/α,β-unsaturated/α-hetero) is 2. The normalized spacial score (nSPS) is 32.9. The summed E-state index contributed by atoms with van der Waals surface area (Å²) in [6, 6.07) is 0.426. The Morgan fingerprint density at radius 1 is 0.773 bits per heavy atom. The summed E-state index contributed by atoms with van der Waals surface area (Å²) in [5.74, 6) is 1.23. The van der Waals surface area contributed by atoms with Crippen LogP contribution >= 0.6 is 0 Å². The van der Waals surface area contributed by atoms with Gasteiger partial charge in [-0.05, 0) is 107 Å². The Hall–Kier alpha value is -3.24. The Bertz CT molecular complexity index is 1880. The molecule has 5 aliphatic heterocycles. The van der Waals surface area contributed by atoms with E-state index in [1.54, 1.807) is 6.92 Å². The summed E-state index contributed by atoms with van der Waals surface area (Å²) in [4.78, 5) is 55.0. The second-order valence-electron chi connectivity index (χ2n) is 22.6. The maximum Gasteiger partial charge on any atom is 0.321 e. The molecule has 0 spiro atoms. The molecular formula is C56H90N4O6. The van der Waals surface area contributed by atoms with Gasteiger partial charge in [0, 0.05) is 82.6 Å². The molecule has 2 fully saturated rings. The SMILES string of the molecule is CC[C@H]1C2CC3NC4=C(C(=O)[C@H](C(=O)OC)C4=C4NC(CC5NC(CC(N2)[C@@H]1C)C(C(C)=O)=C5C)[C@@H](C)[C@@H]4CCC(=O)OCC/C=C(\C)CCC[C@H](C)CCC[C@H](C)CCCC(C)C)C3C. The molecule has 1 aliphatic carbocycles. The second kappa shape index (κ2) is 23.4. The number of carbonyl (C=O) groups excluding carboxylic acids is 4. The highest BCUT2D eigenvalue weighted by atomic mass is 16.5. The van der Waals surface area contributed by atoms with Crippen molar-refractivity contribution in [1.82, 2.24) is 21.3 Å². The van der Waals surface area contributed by atoms with Crippen molar-refractivity contribution in [2.45, 2.75) is 215 Å². The third-order valence-electron chi connectivity index (χ3n) is 17.4.